The van der Waals surface area contributed by atoms with Crippen LogP contribution in [0.5, 0.6) is 0 Å². The highest BCUT2D eigenvalue weighted by Gasteiger charge is 2.26. The maximum absolute atomic E-state index is 12.6. The topological polar surface area (TPSA) is 76.2 Å². The minimum Gasteiger partial charge on any atom is -0.379 e. The van der Waals surface area contributed by atoms with Crippen LogP contribution in [0.25, 0.3) is 0 Å². The van der Waals surface area contributed by atoms with Crippen molar-refractivity contribution in [2.24, 2.45) is 0 Å². The number of carbonyl (C=O) groups is 1. The predicted octanol–water partition coefficient (Wildman–Crippen LogP) is 1.67. The van der Waals surface area contributed by atoms with E-state index in [4.69, 9.17) is 9.47 Å². The van der Waals surface area contributed by atoms with Gasteiger partial charge >= 0.3 is 0 Å². The molecule has 0 radical (unpaired) electrons. The van der Waals surface area contributed by atoms with Crippen LogP contribution in [-0.4, -0.2) is 75.6 Å². The van der Waals surface area contributed by atoms with E-state index >= 15 is 0 Å². The van der Waals surface area contributed by atoms with Crippen molar-refractivity contribution in [1.82, 2.24) is 9.21 Å². The van der Waals surface area contributed by atoms with Crippen molar-refractivity contribution in [3.05, 3.63) is 29.8 Å². The third-order valence-electron chi connectivity index (χ3n) is 5.36. The lowest BCUT2D eigenvalue weighted by molar-refractivity contribution is -0.133. The van der Waals surface area contributed by atoms with Crippen LogP contribution < -0.4 is 0 Å². The summed E-state index contributed by atoms with van der Waals surface area (Å²) < 4.78 is 37.6. The summed E-state index contributed by atoms with van der Waals surface area (Å²) in [4.78, 5) is 14.6. The molecule has 1 aromatic carbocycles. The molecule has 0 N–H and O–H groups in total. The maximum atomic E-state index is 12.6. The van der Waals surface area contributed by atoms with Gasteiger partial charge in [-0.05, 0) is 43.9 Å². The number of aryl methyl sites for hydroxylation is 1. The molecule has 0 aliphatic carbocycles. The number of ether oxygens (including phenoxy) is 2. The van der Waals surface area contributed by atoms with Gasteiger partial charge in [-0.15, -0.1) is 0 Å². The molecule has 0 aromatic heterocycles. The van der Waals surface area contributed by atoms with Crippen molar-refractivity contribution >= 4 is 15.9 Å². The van der Waals surface area contributed by atoms with Gasteiger partial charge < -0.3 is 14.4 Å². The molecule has 0 spiro atoms. The molecular formula is C20H30N2O5S. The number of sulfonamides is 1. The minimum atomic E-state index is -3.47. The Bertz CT molecular complexity index is 736. The van der Waals surface area contributed by atoms with Gasteiger partial charge in [-0.25, -0.2) is 8.42 Å². The number of morpholine rings is 1. The zero-order chi connectivity index (χ0) is 20.0. The van der Waals surface area contributed by atoms with Crippen LogP contribution in [-0.2, 0) is 30.7 Å². The molecule has 0 unspecified atom stereocenters. The molecule has 1 amide bonds. The monoisotopic (exact) mass is 410 g/mol. The van der Waals surface area contributed by atoms with E-state index in [1.54, 1.807) is 12.1 Å². The summed E-state index contributed by atoms with van der Waals surface area (Å²) in [5, 5.41) is 0. The van der Waals surface area contributed by atoms with Crippen molar-refractivity contribution in [1.29, 1.82) is 0 Å². The fourth-order valence-corrected chi connectivity index (χ4v) is 5.09. The van der Waals surface area contributed by atoms with Crippen LogP contribution in [0.2, 0.25) is 0 Å². The maximum Gasteiger partial charge on any atom is 0.243 e. The van der Waals surface area contributed by atoms with Crippen molar-refractivity contribution < 1.29 is 22.7 Å². The number of carbonyl (C=O) groups excluding carboxylic acids is 1. The van der Waals surface area contributed by atoms with Gasteiger partial charge in [0.05, 0.1) is 24.2 Å². The number of nitrogens with zero attached hydrogens (tertiary/aromatic N) is 2. The highest BCUT2D eigenvalue weighted by atomic mass is 32.2. The summed E-state index contributed by atoms with van der Waals surface area (Å²) in [5.41, 5.74) is 0.971. The Balaban J connectivity index is 1.50. The van der Waals surface area contributed by atoms with E-state index in [1.165, 1.54) is 4.31 Å². The molecule has 2 aliphatic heterocycles. The average Bonchev–Trinajstić information content (AvgIpc) is 2.74. The highest BCUT2D eigenvalue weighted by molar-refractivity contribution is 7.89. The average molecular weight is 411 g/mol. The minimum absolute atomic E-state index is 0.153. The van der Waals surface area contributed by atoms with Crippen molar-refractivity contribution in [2.75, 3.05) is 46.0 Å². The molecular weight excluding hydrogens is 380 g/mol. The lowest BCUT2D eigenvalue weighted by Gasteiger charge is -2.31. The summed E-state index contributed by atoms with van der Waals surface area (Å²) in [7, 11) is -3.47. The number of piperidine rings is 1. The number of hydrogen-bond acceptors (Lipinski definition) is 5. The molecule has 0 saturated carbocycles. The van der Waals surface area contributed by atoms with E-state index in [-0.39, 0.29) is 12.0 Å². The smallest absolute Gasteiger partial charge is 0.243 e. The van der Waals surface area contributed by atoms with Crippen molar-refractivity contribution in [2.45, 2.75) is 43.6 Å². The Morgan fingerprint density at radius 3 is 2.36 bits per heavy atom. The molecule has 2 fully saturated rings. The van der Waals surface area contributed by atoms with E-state index in [0.717, 1.165) is 38.1 Å². The van der Waals surface area contributed by atoms with Gasteiger partial charge in [0, 0.05) is 39.2 Å². The lowest BCUT2D eigenvalue weighted by Crippen LogP contribution is -2.41. The Kier molecular flexibility index (Phi) is 7.45. The molecule has 8 heteroatoms. The van der Waals surface area contributed by atoms with Gasteiger partial charge in [0.15, 0.2) is 0 Å². The van der Waals surface area contributed by atoms with E-state index in [1.807, 2.05) is 24.0 Å². The molecule has 0 bridgehead atoms. The SMILES string of the molecule is CCOC1CCN(C(=O)CCc2ccc(S(=O)(=O)N3CCOCC3)cc2)CC1. The molecule has 28 heavy (non-hydrogen) atoms. The predicted molar refractivity (Wildman–Crippen MR) is 106 cm³/mol. The second kappa shape index (κ2) is 9.82. The van der Waals surface area contributed by atoms with E-state index < -0.39 is 10.0 Å². The fraction of sp³-hybridized carbons (Fsp3) is 0.650. The zero-order valence-corrected chi connectivity index (χ0v) is 17.3. The normalized spacial score (nSPS) is 19.7. The summed E-state index contributed by atoms with van der Waals surface area (Å²) in [6.45, 7) is 5.85. The summed E-state index contributed by atoms with van der Waals surface area (Å²) in [6.07, 6.45) is 3.12. The first-order chi connectivity index (χ1) is 13.5. The third-order valence-corrected chi connectivity index (χ3v) is 7.27. The molecule has 7 nitrogen and oxygen atoms in total. The molecule has 3 rings (SSSR count). The summed E-state index contributed by atoms with van der Waals surface area (Å²) >= 11 is 0. The number of amides is 1. The van der Waals surface area contributed by atoms with Crippen LogP contribution in [0.15, 0.2) is 29.2 Å². The first-order valence-corrected chi connectivity index (χ1v) is 11.5. The number of likely N-dealkylation sites (tertiary alicyclic amines) is 1. The van der Waals surface area contributed by atoms with E-state index in [2.05, 4.69) is 0 Å². The second-order valence-corrected chi connectivity index (χ2v) is 9.13. The Morgan fingerprint density at radius 2 is 1.75 bits per heavy atom. The standard InChI is InChI=1S/C20H30N2O5S/c1-2-27-18-9-11-21(12-10-18)20(23)8-5-17-3-6-19(7-4-17)28(24,25)22-13-15-26-16-14-22/h3-4,6-7,18H,2,5,8-16H2,1H3. The van der Waals surface area contributed by atoms with Gasteiger partial charge in [0.2, 0.25) is 15.9 Å². The molecule has 2 heterocycles. The Hall–Kier alpha value is -1.48. The molecule has 0 atom stereocenters. The summed E-state index contributed by atoms with van der Waals surface area (Å²) in [6, 6.07) is 6.89. The highest BCUT2D eigenvalue weighted by Crippen LogP contribution is 2.19. The van der Waals surface area contributed by atoms with E-state index in [0.29, 0.717) is 44.0 Å². The van der Waals surface area contributed by atoms with Gasteiger partial charge in [-0.3, -0.25) is 4.79 Å². The Labute approximate surface area is 167 Å². The van der Waals surface area contributed by atoms with E-state index in [9.17, 15) is 13.2 Å². The number of benzene rings is 1. The van der Waals surface area contributed by atoms with Crippen LogP contribution in [0.1, 0.15) is 31.7 Å². The molecule has 2 saturated heterocycles. The van der Waals surface area contributed by atoms with Gasteiger partial charge in [0.1, 0.15) is 0 Å². The van der Waals surface area contributed by atoms with Crippen LogP contribution >= 0.6 is 0 Å². The first-order valence-electron chi connectivity index (χ1n) is 10.1. The van der Waals surface area contributed by atoms with Gasteiger partial charge in [-0.2, -0.15) is 4.31 Å². The van der Waals surface area contributed by atoms with Gasteiger partial charge in [-0.1, -0.05) is 12.1 Å². The third kappa shape index (κ3) is 5.31. The van der Waals surface area contributed by atoms with Crippen molar-refractivity contribution in [3.63, 3.8) is 0 Å². The number of hydrogen-bond donors (Lipinski definition) is 0. The largest absolute Gasteiger partial charge is 0.379 e. The second-order valence-electron chi connectivity index (χ2n) is 7.20. The lowest BCUT2D eigenvalue weighted by atomic mass is 10.1. The Morgan fingerprint density at radius 1 is 1.11 bits per heavy atom. The van der Waals surface area contributed by atoms with Crippen molar-refractivity contribution in [3.8, 4) is 0 Å². The first kappa shape index (κ1) is 21.2. The summed E-state index contributed by atoms with van der Waals surface area (Å²) in [5.74, 6) is 0.153. The molecule has 156 valence electrons. The van der Waals surface area contributed by atoms with Crippen LogP contribution in [0.3, 0.4) is 0 Å². The quantitative estimate of drug-likeness (QED) is 0.683. The number of rotatable bonds is 7. The molecule has 2 aliphatic rings. The van der Waals surface area contributed by atoms with Crippen LogP contribution in [0, 0.1) is 0 Å². The fourth-order valence-electron chi connectivity index (χ4n) is 3.68. The van der Waals surface area contributed by atoms with Gasteiger partial charge in [0.25, 0.3) is 0 Å². The van der Waals surface area contributed by atoms with Crippen LogP contribution in [0.4, 0.5) is 0 Å². The molecule has 1 aromatic rings. The zero-order valence-electron chi connectivity index (χ0n) is 16.5.